The molecule has 1 aromatic carbocycles. The number of alkyl halides is 2. The maximum absolute atomic E-state index is 13.2. The largest absolute Gasteiger partial charge is 0.371 e. The van der Waals surface area contributed by atoms with Crippen molar-refractivity contribution in [1.82, 2.24) is 0 Å². The summed E-state index contributed by atoms with van der Waals surface area (Å²) in [5.41, 5.74) is 5.95. The van der Waals surface area contributed by atoms with Gasteiger partial charge < -0.3 is 10.5 Å². The van der Waals surface area contributed by atoms with Crippen LogP contribution in [0, 0.1) is 17.7 Å². The highest BCUT2D eigenvalue weighted by molar-refractivity contribution is 5.38. The Hall–Kier alpha value is -1.51. The zero-order valence-electron chi connectivity index (χ0n) is 9.05. The highest BCUT2D eigenvalue weighted by Gasteiger charge is 2.04. The van der Waals surface area contributed by atoms with Crippen molar-refractivity contribution < 1.29 is 17.9 Å². The number of nitrogens with two attached hydrogens (primary N) is 1. The summed E-state index contributed by atoms with van der Waals surface area (Å²) in [7, 11) is 0. The lowest BCUT2D eigenvalue weighted by Gasteiger charge is -2.04. The summed E-state index contributed by atoms with van der Waals surface area (Å²) in [6.45, 7) is -0.505. The molecule has 0 radical (unpaired) electrons. The minimum absolute atomic E-state index is 0.00191. The van der Waals surface area contributed by atoms with Gasteiger partial charge in [0, 0.05) is 0 Å². The molecule has 0 saturated heterocycles. The van der Waals surface area contributed by atoms with E-state index in [4.69, 9.17) is 10.5 Å². The summed E-state index contributed by atoms with van der Waals surface area (Å²) in [5.74, 6) is 4.61. The second kappa shape index (κ2) is 6.94. The molecule has 0 spiro atoms. The second-order valence-electron chi connectivity index (χ2n) is 3.23. The van der Waals surface area contributed by atoms with Crippen molar-refractivity contribution in [2.45, 2.75) is 13.0 Å². The van der Waals surface area contributed by atoms with Crippen LogP contribution in [0.1, 0.15) is 11.1 Å². The van der Waals surface area contributed by atoms with E-state index in [1.807, 2.05) is 0 Å². The molecule has 0 bridgehead atoms. The number of rotatable bonds is 4. The first kappa shape index (κ1) is 13.6. The Morgan fingerprint density at radius 2 is 2.12 bits per heavy atom. The molecule has 0 fully saturated rings. The average Bonchev–Trinajstić information content (AvgIpc) is 2.29. The van der Waals surface area contributed by atoms with Gasteiger partial charge in [-0.15, -0.1) is 0 Å². The normalized spacial score (nSPS) is 10.2. The fourth-order valence-electron chi connectivity index (χ4n) is 1.17. The van der Waals surface area contributed by atoms with E-state index in [9.17, 15) is 13.2 Å². The van der Waals surface area contributed by atoms with Gasteiger partial charge in [-0.25, -0.2) is 13.2 Å². The van der Waals surface area contributed by atoms with Crippen LogP contribution in [-0.4, -0.2) is 19.6 Å². The Labute approximate surface area is 97.6 Å². The van der Waals surface area contributed by atoms with Crippen LogP contribution in [0.15, 0.2) is 18.2 Å². The Morgan fingerprint density at radius 3 is 2.76 bits per heavy atom. The predicted molar refractivity (Wildman–Crippen MR) is 58.0 cm³/mol. The van der Waals surface area contributed by atoms with Gasteiger partial charge in [0.2, 0.25) is 0 Å². The van der Waals surface area contributed by atoms with Crippen molar-refractivity contribution in [1.29, 1.82) is 0 Å². The van der Waals surface area contributed by atoms with Gasteiger partial charge in [-0.05, 0) is 17.7 Å². The van der Waals surface area contributed by atoms with E-state index in [0.29, 0.717) is 5.56 Å². The molecule has 0 aromatic heterocycles. The van der Waals surface area contributed by atoms with Gasteiger partial charge >= 0.3 is 0 Å². The molecule has 0 saturated carbocycles. The second-order valence-corrected chi connectivity index (χ2v) is 3.23. The first-order chi connectivity index (χ1) is 8.13. The average molecular weight is 243 g/mol. The fraction of sp³-hybridized carbons (Fsp3) is 0.333. The monoisotopic (exact) mass is 243 g/mol. The molecule has 2 N–H and O–H groups in total. The summed E-state index contributed by atoms with van der Waals surface area (Å²) >= 11 is 0. The molecule has 0 aliphatic heterocycles. The minimum atomic E-state index is -2.51. The van der Waals surface area contributed by atoms with Crippen LogP contribution in [0.5, 0.6) is 0 Å². The van der Waals surface area contributed by atoms with Gasteiger partial charge in [-0.1, -0.05) is 17.9 Å². The third kappa shape index (κ3) is 4.89. The molecule has 1 aromatic rings. The molecular weight excluding hydrogens is 231 g/mol. The fourth-order valence-corrected chi connectivity index (χ4v) is 1.17. The number of hydrogen-bond acceptors (Lipinski definition) is 2. The molecule has 17 heavy (non-hydrogen) atoms. The zero-order chi connectivity index (χ0) is 12.7. The van der Waals surface area contributed by atoms with Gasteiger partial charge in [0.1, 0.15) is 12.4 Å². The standard InChI is InChI=1S/C12H12F3NO/c13-11-4-3-9(7-17-8-12(14)15)6-10(11)2-1-5-16/h3-4,6,12H,5,7-8,16H2. The molecule has 0 unspecified atom stereocenters. The predicted octanol–water partition coefficient (Wildman–Crippen LogP) is 1.92. The molecule has 2 nitrogen and oxygen atoms in total. The van der Waals surface area contributed by atoms with E-state index < -0.39 is 18.8 Å². The van der Waals surface area contributed by atoms with Crippen molar-refractivity contribution in [2.24, 2.45) is 5.73 Å². The van der Waals surface area contributed by atoms with Gasteiger partial charge in [0.25, 0.3) is 6.43 Å². The third-order valence-electron chi connectivity index (χ3n) is 1.87. The lowest BCUT2D eigenvalue weighted by molar-refractivity contribution is 0.00986. The third-order valence-corrected chi connectivity index (χ3v) is 1.87. The van der Waals surface area contributed by atoms with Crippen molar-refractivity contribution in [3.63, 3.8) is 0 Å². The van der Waals surface area contributed by atoms with E-state index in [2.05, 4.69) is 11.8 Å². The van der Waals surface area contributed by atoms with Crippen LogP contribution in [0.3, 0.4) is 0 Å². The van der Waals surface area contributed by atoms with Crippen molar-refractivity contribution >= 4 is 0 Å². The summed E-state index contributed by atoms with van der Waals surface area (Å²) in [6, 6.07) is 4.15. The first-order valence-corrected chi connectivity index (χ1v) is 4.96. The SMILES string of the molecule is NCC#Cc1cc(COCC(F)F)ccc1F. The first-order valence-electron chi connectivity index (χ1n) is 4.96. The van der Waals surface area contributed by atoms with Gasteiger partial charge in [0.05, 0.1) is 18.7 Å². The molecule has 5 heteroatoms. The molecular formula is C12H12F3NO. The maximum Gasteiger partial charge on any atom is 0.261 e. The summed E-state index contributed by atoms with van der Waals surface area (Å²) < 4.78 is 41.6. The lowest BCUT2D eigenvalue weighted by atomic mass is 10.1. The summed E-state index contributed by atoms with van der Waals surface area (Å²) in [6.07, 6.45) is -2.51. The topological polar surface area (TPSA) is 35.2 Å². The van der Waals surface area contributed by atoms with E-state index >= 15 is 0 Å². The van der Waals surface area contributed by atoms with E-state index in [-0.39, 0.29) is 18.7 Å². The molecule has 0 aliphatic carbocycles. The van der Waals surface area contributed by atoms with Crippen LogP contribution in [0.2, 0.25) is 0 Å². The van der Waals surface area contributed by atoms with Gasteiger partial charge in [0.15, 0.2) is 0 Å². The van der Waals surface area contributed by atoms with Crippen LogP contribution in [-0.2, 0) is 11.3 Å². The van der Waals surface area contributed by atoms with E-state index in [1.165, 1.54) is 18.2 Å². The highest BCUT2D eigenvalue weighted by Crippen LogP contribution is 2.11. The molecule has 92 valence electrons. The number of benzene rings is 1. The van der Waals surface area contributed by atoms with Gasteiger partial charge in [-0.2, -0.15) is 0 Å². The smallest absolute Gasteiger partial charge is 0.261 e. The Bertz CT molecular complexity index is 423. The molecule has 0 amide bonds. The molecule has 1 rings (SSSR count). The Morgan fingerprint density at radius 1 is 1.35 bits per heavy atom. The van der Waals surface area contributed by atoms with Crippen LogP contribution >= 0.6 is 0 Å². The van der Waals surface area contributed by atoms with Crippen LogP contribution < -0.4 is 5.73 Å². The molecule has 0 atom stereocenters. The summed E-state index contributed by atoms with van der Waals surface area (Å²) in [5, 5.41) is 0. The molecule has 0 aliphatic rings. The number of hydrogen-bond donors (Lipinski definition) is 1. The van der Waals surface area contributed by atoms with Crippen LogP contribution in [0.4, 0.5) is 13.2 Å². The van der Waals surface area contributed by atoms with Crippen LogP contribution in [0.25, 0.3) is 0 Å². The number of halogens is 3. The van der Waals surface area contributed by atoms with Crippen molar-refractivity contribution in [2.75, 3.05) is 13.2 Å². The Balaban J connectivity index is 2.68. The maximum atomic E-state index is 13.2. The highest BCUT2D eigenvalue weighted by atomic mass is 19.3. The van der Waals surface area contributed by atoms with Crippen molar-refractivity contribution in [3.05, 3.63) is 35.1 Å². The van der Waals surface area contributed by atoms with Gasteiger partial charge in [-0.3, -0.25) is 0 Å². The summed E-state index contributed by atoms with van der Waals surface area (Å²) in [4.78, 5) is 0. The number of ether oxygens (including phenoxy) is 1. The molecule has 0 heterocycles. The minimum Gasteiger partial charge on any atom is -0.371 e. The van der Waals surface area contributed by atoms with Crippen molar-refractivity contribution in [3.8, 4) is 11.8 Å². The Kier molecular flexibility index (Phi) is 5.53. The van der Waals surface area contributed by atoms with E-state index in [1.54, 1.807) is 0 Å². The quantitative estimate of drug-likeness (QED) is 0.820. The lowest BCUT2D eigenvalue weighted by Crippen LogP contribution is -2.04. The zero-order valence-corrected chi connectivity index (χ0v) is 9.05. The van der Waals surface area contributed by atoms with E-state index in [0.717, 1.165) is 0 Å².